The molecule has 0 saturated heterocycles. The lowest BCUT2D eigenvalue weighted by molar-refractivity contribution is 0.596. The van der Waals surface area contributed by atoms with Crippen LogP contribution >= 0.6 is 15.9 Å². The number of aromatic nitrogens is 4. The van der Waals surface area contributed by atoms with Crippen molar-refractivity contribution in [1.29, 1.82) is 0 Å². The summed E-state index contributed by atoms with van der Waals surface area (Å²) in [4.78, 5) is 8.26. The molecular weight excluding hydrogens is 344 g/mol. The van der Waals surface area contributed by atoms with Gasteiger partial charge in [-0.1, -0.05) is 6.07 Å². The Morgan fingerprint density at radius 3 is 2.65 bits per heavy atom. The summed E-state index contributed by atoms with van der Waals surface area (Å²) in [6, 6.07) is 7.86. The summed E-state index contributed by atoms with van der Waals surface area (Å²) in [5, 5.41) is 4.66. The van der Waals surface area contributed by atoms with E-state index in [1.54, 1.807) is 30.6 Å². The summed E-state index contributed by atoms with van der Waals surface area (Å²) >= 11 is 3.25. The van der Waals surface area contributed by atoms with E-state index >= 15 is 0 Å². The Hall–Kier alpha value is -1.80. The van der Waals surface area contributed by atoms with Gasteiger partial charge in [0.1, 0.15) is 0 Å². The summed E-state index contributed by atoms with van der Waals surface area (Å²) in [6.07, 6.45) is 4.27. The first-order valence-corrected chi connectivity index (χ1v) is 8.22. The maximum atomic E-state index is 11.8. The number of rotatable bonds is 2. The molecule has 2 heterocycles. The largest absolute Gasteiger partial charge is 0.251 e. The average Bonchev–Trinajstić information content (AvgIpc) is 2.79. The molecule has 2 aromatic heterocycles. The van der Waals surface area contributed by atoms with Crippen molar-refractivity contribution >= 4 is 36.7 Å². The minimum Gasteiger partial charge on any atom is -0.222 e. The molecule has 1 aromatic carbocycles. The van der Waals surface area contributed by atoms with Gasteiger partial charge in [0.25, 0.3) is 5.95 Å². The molecule has 0 saturated carbocycles. The van der Waals surface area contributed by atoms with Crippen LogP contribution in [0.15, 0.2) is 40.1 Å². The van der Waals surface area contributed by atoms with E-state index in [2.05, 4.69) is 37.1 Å². The maximum Gasteiger partial charge on any atom is 0.251 e. The van der Waals surface area contributed by atoms with E-state index in [1.807, 2.05) is 0 Å². The Morgan fingerprint density at radius 1 is 1.30 bits per heavy atom. The van der Waals surface area contributed by atoms with Gasteiger partial charge in [0, 0.05) is 24.0 Å². The van der Waals surface area contributed by atoms with Crippen LogP contribution in [0.4, 0.5) is 0 Å². The van der Waals surface area contributed by atoms with Gasteiger partial charge < -0.3 is 0 Å². The second kappa shape index (κ2) is 4.64. The van der Waals surface area contributed by atoms with Gasteiger partial charge in [0.05, 0.1) is 9.99 Å². The predicted molar refractivity (Wildman–Crippen MR) is 76.3 cm³/mol. The fourth-order valence-electron chi connectivity index (χ4n) is 1.82. The van der Waals surface area contributed by atoms with Gasteiger partial charge in [0.15, 0.2) is 14.9 Å². The Balaban J connectivity index is 2.35. The number of benzene rings is 1. The third kappa shape index (κ3) is 2.20. The van der Waals surface area contributed by atoms with Crippen molar-refractivity contribution < 1.29 is 8.42 Å². The van der Waals surface area contributed by atoms with Crippen molar-refractivity contribution in [1.82, 2.24) is 19.7 Å². The summed E-state index contributed by atoms with van der Waals surface area (Å²) < 4.78 is 25.7. The third-order valence-corrected chi connectivity index (χ3v) is 4.05. The Bertz CT molecular complexity index is 887. The molecule has 0 fully saturated rings. The first-order chi connectivity index (χ1) is 9.47. The van der Waals surface area contributed by atoms with E-state index < -0.39 is 9.84 Å². The minimum atomic E-state index is -3.44. The van der Waals surface area contributed by atoms with Gasteiger partial charge in [-0.25, -0.2) is 18.4 Å². The fourth-order valence-corrected chi connectivity index (χ4v) is 2.82. The molecule has 3 aromatic rings. The molecule has 0 aliphatic heterocycles. The highest BCUT2D eigenvalue weighted by Crippen LogP contribution is 2.23. The molecule has 0 spiro atoms. The molecule has 0 atom stereocenters. The molecule has 0 amide bonds. The maximum absolute atomic E-state index is 11.8. The van der Waals surface area contributed by atoms with Gasteiger partial charge in [-0.3, -0.25) is 0 Å². The molecule has 0 bridgehead atoms. The number of sulfone groups is 1. The lowest BCUT2D eigenvalue weighted by Crippen LogP contribution is -2.04. The molecule has 101 valence electrons. The van der Waals surface area contributed by atoms with E-state index in [9.17, 15) is 8.42 Å². The Morgan fingerprint density at radius 2 is 2.00 bits per heavy atom. The monoisotopic (exact) mass is 351 g/mol. The topological polar surface area (TPSA) is 77.7 Å². The molecule has 20 heavy (non-hydrogen) atoms. The summed E-state index contributed by atoms with van der Waals surface area (Å²) in [7, 11) is -3.44. The molecule has 0 aliphatic rings. The third-order valence-electron chi connectivity index (χ3n) is 2.64. The van der Waals surface area contributed by atoms with Crippen LogP contribution in [-0.4, -0.2) is 34.4 Å². The minimum absolute atomic E-state index is 0.00742. The smallest absolute Gasteiger partial charge is 0.222 e. The molecule has 6 nitrogen and oxygen atoms in total. The summed E-state index contributed by atoms with van der Waals surface area (Å²) in [6.45, 7) is 0. The predicted octanol–water partition coefficient (Wildman–Crippen LogP) is 1.78. The zero-order valence-electron chi connectivity index (χ0n) is 10.3. The molecule has 0 unspecified atom stereocenters. The van der Waals surface area contributed by atoms with Crippen molar-refractivity contribution in [3.05, 3.63) is 41.1 Å². The highest BCUT2D eigenvalue weighted by molar-refractivity contribution is 9.10. The molecule has 0 N–H and O–H groups in total. The van der Waals surface area contributed by atoms with Crippen molar-refractivity contribution in [2.75, 3.05) is 6.26 Å². The normalized spacial score (nSPS) is 11.9. The molecule has 0 aliphatic carbocycles. The van der Waals surface area contributed by atoms with Gasteiger partial charge in [0.2, 0.25) is 0 Å². The van der Waals surface area contributed by atoms with E-state index in [-0.39, 0.29) is 5.03 Å². The van der Waals surface area contributed by atoms with Crippen LogP contribution in [-0.2, 0) is 9.84 Å². The van der Waals surface area contributed by atoms with E-state index in [1.165, 1.54) is 4.68 Å². The number of hydrogen-bond donors (Lipinski definition) is 0. The second-order valence-electron chi connectivity index (χ2n) is 4.13. The molecule has 1 radical (unpaired) electrons. The standard InChI is InChI=1S/C12H8BrN4O2S/c1-20(18,19)11-9-4-2-3-5-10(9)17(16-11)12-14-6-8(13)7-15-12/h2,4-7H,1H3. The van der Waals surface area contributed by atoms with Crippen molar-refractivity contribution in [3.63, 3.8) is 0 Å². The Kier molecular flexibility index (Phi) is 3.06. The van der Waals surface area contributed by atoms with Crippen LogP contribution < -0.4 is 0 Å². The number of hydrogen-bond acceptors (Lipinski definition) is 5. The number of nitrogens with zero attached hydrogens (tertiary/aromatic N) is 4. The van der Waals surface area contributed by atoms with E-state index in [0.717, 1.165) is 10.7 Å². The zero-order chi connectivity index (χ0) is 14.3. The lowest BCUT2D eigenvalue weighted by Gasteiger charge is -2.00. The fraction of sp³-hybridized carbons (Fsp3) is 0.0833. The van der Waals surface area contributed by atoms with Gasteiger partial charge >= 0.3 is 0 Å². The molecule has 3 rings (SSSR count). The second-order valence-corrected chi connectivity index (χ2v) is 6.98. The number of halogens is 1. The first-order valence-electron chi connectivity index (χ1n) is 5.53. The number of fused-ring (bicyclic) bond motifs is 1. The summed E-state index contributed by atoms with van der Waals surface area (Å²) in [5.74, 6) is 0.299. The van der Waals surface area contributed by atoms with Crippen LogP contribution in [0.25, 0.3) is 16.9 Å². The first kappa shape index (κ1) is 13.2. The van der Waals surface area contributed by atoms with Crippen LogP contribution in [0.1, 0.15) is 0 Å². The van der Waals surface area contributed by atoms with Crippen LogP contribution in [0.3, 0.4) is 0 Å². The SMILES string of the molecule is CS(=O)(=O)c1nn(-c2ncc(Br)cn2)c2c[c]ccc12. The highest BCUT2D eigenvalue weighted by Gasteiger charge is 2.20. The lowest BCUT2D eigenvalue weighted by atomic mass is 10.2. The van der Waals surface area contributed by atoms with Crippen LogP contribution in [0.2, 0.25) is 0 Å². The average molecular weight is 352 g/mol. The van der Waals surface area contributed by atoms with Gasteiger partial charge in [-0.15, -0.1) is 0 Å². The van der Waals surface area contributed by atoms with Crippen molar-refractivity contribution in [2.45, 2.75) is 5.03 Å². The molecule has 8 heteroatoms. The van der Waals surface area contributed by atoms with Crippen LogP contribution in [0, 0.1) is 6.07 Å². The van der Waals surface area contributed by atoms with E-state index in [4.69, 9.17) is 0 Å². The Labute approximate surface area is 123 Å². The van der Waals surface area contributed by atoms with Crippen molar-refractivity contribution in [2.24, 2.45) is 0 Å². The van der Waals surface area contributed by atoms with Gasteiger partial charge in [-0.2, -0.15) is 9.78 Å². The van der Waals surface area contributed by atoms with E-state index in [0.29, 0.717) is 16.9 Å². The van der Waals surface area contributed by atoms with Gasteiger partial charge in [-0.05, 0) is 34.1 Å². The van der Waals surface area contributed by atoms with Crippen molar-refractivity contribution in [3.8, 4) is 5.95 Å². The highest BCUT2D eigenvalue weighted by atomic mass is 79.9. The zero-order valence-corrected chi connectivity index (χ0v) is 12.7. The quantitative estimate of drug-likeness (QED) is 0.703. The molecular formula is C12H8BrN4O2S. The van der Waals surface area contributed by atoms with Crippen LogP contribution in [0.5, 0.6) is 0 Å². The summed E-state index contributed by atoms with van der Waals surface area (Å²) in [5.41, 5.74) is 0.593.